The summed E-state index contributed by atoms with van der Waals surface area (Å²) < 4.78 is 7.17. The molecule has 176 valence electrons. The molecule has 8 nitrogen and oxygen atoms in total. The molecule has 5 rings (SSSR count). The van der Waals surface area contributed by atoms with Crippen LogP contribution in [0.1, 0.15) is 28.6 Å². The standard InChI is InChI=1S/C26H28N4O4/c1-17-6-8-19(9-7-17)23-21(24(31)22-18(2)27-20-5-3-4-10-29(20)22)25(32)26(33)30(23)12-11-28-13-15-34-16-14-28/h3-10,23,31H,11-16H2,1-2H3/t23-/m1/s1. The Labute approximate surface area is 198 Å². The Hall–Kier alpha value is -3.49. The van der Waals surface area contributed by atoms with Crippen LogP contribution in [0.25, 0.3) is 11.4 Å². The Morgan fingerprint density at radius 2 is 1.79 bits per heavy atom. The maximum Gasteiger partial charge on any atom is 0.295 e. The van der Waals surface area contributed by atoms with Crippen molar-refractivity contribution in [1.82, 2.24) is 19.2 Å². The zero-order chi connectivity index (χ0) is 23.8. The molecule has 0 bridgehead atoms. The van der Waals surface area contributed by atoms with E-state index < -0.39 is 17.7 Å². The second kappa shape index (κ2) is 9.04. The van der Waals surface area contributed by atoms with Crippen LogP contribution in [0.15, 0.2) is 54.2 Å². The number of aromatic nitrogens is 2. The second-order valence-corrected chi connectivity index (χ2v) is 8.83. The molecule has 0 saturated carbocycles. The van der Waals surface area contributed by atoms with Crippen molar-refractivity contribution < 1.29 is 19.4 Å². The Balaban J connectivity index is 1.60. The highest BCUT2D eigenvalue weighted by atomic mass is 16.5. The number of aliphatic hydroxyl groups is 1. The number of ketones is 1. The third kappa shape index (κ3) is 3.89. The molecule has 1 amide bonds. The number of likely N-dealkylation sites (tertiary alicyclic amines) is 1. The molecule has 2 saturated heterocycles. The first kappa shape index (κ1) is 22.3. The largest absolute Gasteiger partial charge is 0.505 e. The number of ether oxygens (including phenoxy) is 1. The quantitative estimate of drug-likeness (QED) is 0.358. The van der Waals surface area contributed by atoms with E-state index in [2.05, 4.69) is 9.88 Å². The SMILES string of the molecule is Cc1ccc([C@@H]2C(=C(O)c3c(C)nc4ccccn34)C(=O)C(=O)N2CCN2CCOCC2)cc1. The number of hydrogen-bond donors (Lipinski definition) is 1. The number of benzene rings is 1. The molecule has 0 spiro atoms. The predicted molar refractivity (Wildman–Crippen MR) is 127 cm³/mol. The zero-order valence-corrected chi connectivity index (χ0v) is 19.4. The third-order valence-electron chi connectivity index (χ3n) is 6.62. The van der Waals surface area contributed by atoms with Gasteiger partial charge in [-0.3, -0.25) is 18.9 Å². The van der Waals surface area contributed by atoms with Crippen LogP contribution in [0, 0.1) is 13.8 Å². The molecule has 0 unspecified atom stereocenters. The minimum absolute atomic E-state index is 0.101. The number of fused-ring (bicyclic) bond motifs is 1. The van der Waals surface area contributed by atoms with E-state index in [9.17, 15) is 14.7 Å². The average Bonchev–Trinajstić information content (AvgIpc) is 3.31. The number of Topliss-reactive ketones (excluding diaryl/α,β-unsaturated/α-hetero) is 1. The molecule has 34 heavy (non-hydrogen) atoms. The van der Waals surface area contributed by atoms with E-state index in [1.165, 1.54) is 0 Å². The van der Waals surface area contributed by atoms with Crippen molar-refractivity contribution in [3.8, 4) is 0 Å². The van der Waals surface area contributed by atoms with E-state index in [0.29, 0.717) is 43.3 Å². The maximum atomic E-state index is 13.3. The minimum Gasteiger partial charge on any atom is -0.505 e. The first-order valence-electron chi connectivity index (χ1n) is 11.5. The van der Waals surface area contributed by atoms with Gasteiger partial charge in [-0.2, -0.15) is 0 Å². The van der Waals surface area contributed by atoms with E-state index in [1.54, 1.807) is 22.4 Å². The number of carbonyl (C=O) groups is 2. The van der Waals surface area contributed by atoms with Gasteiger partial charge in [0.25, 0.3) is 11.7 Å². The number of aryl methyl sites for hydroxylation is 2. The van der Waals surface area contributed by atoms with Gasteiger partial charge in [0.15, 0.2) is 5.76 Å². The smallest absolute Gasteiger partial charge is 0.295 e. The molecule has 1 atom stereocenters. The van der Waals surface area contributed by atoms with Gasteiger partial charge in [0.1, 0.15) is 11.3 Å². The first-order valence-corrected chi connectivity index (χ1v) is 11.5. The first-order chi connectivity index (χ1) is 16.5. The van der Waals surface area contributed by atoms with E-state index in [4.69, 9.17) is 4.74 Å². The van der Waals surface area contributed by atoms with Gasteiger partial charge in [0.05, 0.1) is 30.5 Å². The molecule has 3 aromatic rings. The summed E-state index contributed by atoms with van der Waals surface area (Å²) in [6.45, 7) is 7.69. The number of aliphatic hydroxyl groups excluding tert-OH is 1. The van der Waals surface area contributed by atoms with Crippen molar-refractivity contribution in [1.29, 1.82) is 0 Å². The molecule has 2 fully saturated rings. The van der Waals surface area contributed by atoms with Gasteiger partial charge in [-0.05, 0) is 31.5 Å². The summed E-state index contributed by atoms with van der Waals surface area (Å²) >= 11 is 0. The fourth-order valence-electron chi connectivity index (χ4n) is 4.81. The lowest BCUT2D eigenvalue weighted by atomic mass is 9.95. The van der Waals surface area contributed by atoms with E-state index in [0.717, 1.165) is 24.2 Å². The van der Waals surface area contributed by atoms with Gasteiger partial charge in [0, 0.05) is 32.4 Å². The third-order valence-corrected chi connectivity index (χ3v) is 6.62. The summed E-state index contributed by atoms with van der Waals surface area (Å²) in [6, 6.07) is 12.6. The van der Waals surface area contributed by atoms with Crippen molar-refractivity contribution in [3.05, 3.63) is 76.7 Å². The number of rotatable bonds is 5. The normalized spacial score (nSPS) is 21.0. The van der Waals surface area contributed by atoms with Gasteiger partial charge in [-0.1, -0.05) is 35.9 Å². The van der Waals surface area contributed by atoms with Gasteiger partial charge in [-0.25, -0.2) is 4.98 Å². The number of pyridine rings is 1. The lowest BCUT2D eigenvalue weighted by Gasteiger charge is -2.31. The number of nitrogens with zero attached hydrogens (tertiary/aromatic N) is 4. The van der Waals surface area contributed by atoms with Crippen LogP contribution in [0.5, 0.6) is 0 Å². The van der Waals surface area contributed by atoms with Crippen LogP contribution in [0.4, 0.5) is 0 Å². The topological polar surface area (TPSA) is 87.4 Å². The number of carbonyl (C=O) groups excluding carboxylic acids is 2. The summed E-state index contributed by atoms with van der Waals surface area (Å²) in [5, 5.41) is 11.5. The van der Waals surface area contributed by atoms with Crippen molar-refractivity contribution in [3.63, 3.8) is 0 Å². The van der Waals surface area contributed by atoms with Crippen LogP contribution in [-0.4, -0.2) is 75.4 Å². The van der Waals surface area contributed by atoms with Crippen molar-refractivity contribution in [2.45, 2.75) is 19.9 Å². The monoisotopic (exact) mass is 460 g/mol. The predicted octanol–water partition coefficient (Wildman–Crippen LogP) is 2.71. The fourth-order valence-corrected chi connectivity index (χ4v) is 4.81. The van der Waals surface area contributed by atoms with Crippen molar-refractivity contribution >= 4 is 23.1 Å². The van der Waals surface area contributed by atoms with Gasteiger partial charge < -0.3 is 14.7 Å². The van der Waals surface area contributed by atoms with E-state index >= 15 is 0 Å². The molecular weight excluding hydrogens is 432 g/mol. The molecule has 2 aliphatic heterocycles. The highest BCUT2D eigenvalue weighted by Crippen LogP contribution is 2.40. The Bertz CT molecular complexity index is 1270. The average molecular weight is 461 g/mol. The van der Waals surface area contributed by atoms with Gasteiger partial charge >= 0.3 is 0 Å². The highest BCUT2D eigenvalue weighted by Gasteiger charge is 2.46. The highest BCUT2D eigenvalue weighted by molar-refractivity contribution is 6.46. The minimum atomic E-state index is -0.671. The van der Waals surface area contributed by atoms with Crippen LogP contribution in [0.2, 0.25) is 0 Å². The van der Waals surface area contributed by atoms with E-state index in [-0.39, 0.29) is 11.3 Å². The molecule has 0 radical (unpaired) electrons. The summed E-state index contributed by atoms with van der Waals surface area (Å²) in [4.78, 5) is 34.9. The molecule has 2 aliphatic rings. The zero-order valence-electron chi connectivity index (χ0n) is 19.4. The number of amides is 1. The Morgan fingerprint density at radius 3 is 2.53 bits per heavy atom. The lowest BCUT2D eigenvalue weighted by molar-refractivity contribution is -0.140. The van der Waals surface area contributed by atoms with Gasteiger partial charge in [-0.15, -0.1) is 0 Å². The summed E-state index contributed by atoms with van der Waals surface area (Å²) in [5.74, 6) is -1.46. The van der Waals surface area contributed by atoms with Crippen LogP contribution < -0.4 is 0 Å². The summed E-state index contributed by atoms with van der Waals surface area (Å²) in [5.41, 5.74) is 3.65. The summed E-state index contributed by atoms with van der Waals surface area (Å²) in [6.07, 6.45) is 1.79. The molecule has 0 aliphatic carbocycles. The fraction of sp³-hybridized carbons (Fsp3) is 0.346. The Morgan fingerprint density at radius 1 is 1.06 bits per heavy atom. The second-order valence-electron chi connectivity index (χ2n) is 8.83. The number of morpholine rings is 1. The molecule has 4 heterocycles. The van der Waals surface area contributed by atoms with Gasteiger partial charge in [0.2, 0.25) is 0 Å². The number of hydrogen-bond acceptors (Lipinski definition) is 6. The van der Waals surface area contributed by atoms with Crippen molar-refractivity contribution in [2.24, 2.45) is 0 Å². The summed E-state index contributed by atoms with van der Waals surface area (Å²) in [7, 11) is 0. The van der Waals surface area contributed by atoms with Crippen molar-refractivity contribution in [2.75, 3.05) is 39.4 Å². The van der Waals surface area contributed by atoms with Crippen LogP contribution in [0.3, 0.4) is 0 Å². The lowest BCUT2D eigenvalue weighted by Crippen LogP contribution is -2.42. The molecular formula is C26H28N4O4. The molecule has 1 aromatic carbocycles. The molecule has 2 aromatic heterocycles. The molecule has 8 heteroatoms. The van der Waals surface area contributed by atoms with Crippen LogP contribution >= 0.6 is 0 Å². The van der Waals surface area contributed by atoms with Crippen LogP contribution in [-0.2, 0) is 14.3 Å². The van der Waals surface area contributed by atoms with E-state index in [1.807, 2.05) is 49.4 Å². The molecule has 1 N–H and O–H groups in total. The number of imidazole rings is 1. The maximum absolute atomic E-state index is 13.3. The Kier molecular flexibility index (Phi) is 5.93.